The predicted molar refractivity (Wildman–Crippen MR) is 123 cm³/mol. The Labute approximate surface area is 181 Å². The minimum Gasteiger partial charge on any atom is -0.497 e. The van der Waals surface area contributed by atoms with Crippen molar-refractivity contribution < 1.29 is 9.53 Å². The number of anilines is 3. The van der Waals surface area contributed by atoms with Crippen LogP contribution in [0.2, 0.25) is 0 Å². The van der Waals surface area contributed by atoms with Crippen LogP contribution in [0.4, 0.5) is 17.5 Å². The largest absolute Gasteiger partial charge is 0.497 e. The van der Waals surface area contributed by atoms with Crippen LogP contribution in [0.25, 0.3) is 6.08 Å². The fourth-order valence-electron chi connectivity index (χ4n) is 2.78. The van der Waals surface area contributed by atoms with E-state index in [-0.39, 0.29) is 5.91 Å². The van der Waals surface area contributed by atoms with E-state index >= 15 is 0 Å². The molecule has 0 unspecified atom stereocenters. The second-order valence-electron chi connectivity index (χ2n) is 6.85. The zero-order valence-corrected chi connectivity index (χ0v) is 17.8. The van der Waals surface area contributed by atoms with Crippen molar-refractivity contribution in [1.82, 2.24) is 20.3 Å². The van der Waals surface area contributed by atoms with Crippen molar-refractivity contribution in [3.63, 3.8) is 0 Å². The number of nitrogens with one attached hydrogen (secondary N) is 3. The maximum Gasteiger partial charge on any atom is 0.244 e. The Morgan fingerprint density at radius 3 is 2.52 bits per heavy atom. The quantitative estimate of drug-likeness (QED) is 0.361. The molecule has 0 radical (unpaired) electrons. The van der Waals surface area contributed by atoms with Gasteiger partial charge < -0.3 is 20.7 Å². The van der Waals surface area contributed by atoms with Crippen molar-refractivity contribution in [3.8, 4) is 5.75 Å². The van der Waals surface area contributed by atoms with Crippen LogP contribution >= 0.6 is 0 Å². The van der Waals surface area contributed by atoms with Gasteiger partial charge in [-0.05, 0) is 55.3 Å². The summed E-state index contributed by atoms with van der Waals surface area (Å²) in [5, 5.41) is 9.22. The molecular weight excluding hydrogens is 392 g/mol. The first-order chi connectivity index (χ1) is 15.0. The van der Waals surface area contributed by atoms with E-state index in [1.807, 2.05) is 56.3 Å². The molecule has 31 heavy (non-hydrogen) atoms. The molecule has 8 heteroatoms. The van der Waals surface area contributed by atoms with Crippen molar-refractivity contribution in [3.05, 3.63) is 71.7 Å². The van der Waals surface area contributed by atoms with Crippen LogP contribution in [0.1, 0.15) is 17.0 Å². The molecule has 0 bridgehead atoms. The number of carbonyl (C=O) groups excluding carboxylic acids is 1. The van der Waals surface area contributed by atoms with Gasteiger partial charge in [0.2, 0.25) is 5.91 Å². The van der Waals surface area contributed by atoms with Crippen LogP contribution in [0.5, 0.6) is 5.75 Å². The van der Waals surface area contributed by atoms with Crippen molar-refractivity contribution in [1.29, 1.82) is 0 Å². The van der Waals surface area contributed by atoms with Crippen molar-refractivity contribution >= 4 is 29.4 Å². The molecule has 0 atom stereocenters. The van der Waals surface area contributed by atoms with Gasteiger partial charge in [0.1, 0.15) is 29.0 Å². The molecule has 0 aliphatic rings. The lowest BCUT2D eigenvalue weighted by molar-refractivity contribution is -0.116. The molecule has 3 N–H and O–H groups in total. The number of ether oxygens (including phenoxy) is 1. The van der Waals surface area contributed by atoms with Gasteiger partial charge in [-0.3, -0.25) is 4.79 Å². The standard InChI is InChI=1S/C23H26N6O2/c1-16-10-11-24-20(14-16)29-22-15-21(27-17(2)28-22)25-12-13-26-23(30)9-6-18-4-7-19(31-3)8-5-18/h4-11,14-15H,12-13H2,1-3H3,(H,26,30)(H2,24,25,27,28,29)/b9-6+. The number of aromatic nitrogens is 3. The summed E-state index contributed by atoms with van der Waals surface area (Å²) in [6.07, 6.45) is 5.01. The summed E-state index contributed by atoms with van der Waals surface area (Å²) in [7, 11) is 1.62. The molecule has 2 aromatic heterocycles. The normalized spacial score (nSPS) is 10.7. The van der Waals surface area contributed by atoms with Crippen LogP contribution < -0.4 is 20.7 Å². The van der Waals surface area contributed by atoms with E-state index in [1.54, 1.807) is 19.4 Å². The van der Waals surface area contributed by atoms with Gasteiger partial charge in [0.15, 0.2) is 0 Å². The molecule has 3 rings (SSSR count). The van der Waals surface area contributed by atoms with E-state index in [2.05, 4.69) is 30.9 Å². The molecule has 0 aliphatic heterocycles. The Morgan fingerprint density at radius 2 is 1.77 bits per heavy atom. The lowest BCUT2D eigenvalue weighted by Crippen LogP contribution is -2.27. The Bertz CT molecular complexity index is 1050. The van der Waals surface area contributed by atoms with E-state index < -0.39 is 0 Å². The van der Waals surface area contributed by atoms with Crippen LogP contribution in [0.15, 0.2) is 54.7 Å². The lowest BCUT2D eigenvalue weighted by atomic mass is 10.2. The first-order valence-corrected chi connectivity index (χ1v) is 9.91. The number of amides is 1. The van der Waals surface area contributed by atoms with Crippen molar-refractivity contribution in [2.75, 3.05) is 30.8 Å². The van der Waals surface area contributed by atoms with E-state index in [4.69, 9.17) is 4.74 Å². The Balaban J connectivity index is 1.47. The second kappa shape index (κ2) is 10.7. The SMILES string of the molecule is COc1ccc(/C=C/C(=O)NCCNc2cc(Nc3cc(C)ccn3)nc(C)n2)cc1. The molecule has 0 fully saturated rings. The van der Waals surface area contributed by atoms with E-state index in [9.17, 15) is 4.79 Å². The van der Waals surface area contributed by atoms with Gasteiger partial charge in [-0.1, -0.05) is 12.1 Å². The molecule has 3 aromatic rings. The lowest BCUT2D eigenvalue weighted by Gasteiger charge is -2.10. The molecule has 160 valence electrons. The van der Waals surface area contributed by atoms with Crippen LogP contribution in [0.3, 0.4) is 0 Å². The first-order valence-electron chi connectivity index (χ1n) is 9.91. The average molecular weight is 419 g/mol. The average Bonchev–Trinajstić information content (AvgIpc) is 2.75. The Kier molecular flexibility index (Phi) is 7.53. The van der Waals surface area contributed by atoms with Gasteiger partial charge in [0, 0.05) is 31.4 Å². The third kappa shape index (κ3) is 7.11. The molecule has 0 saturated heterocycles. The number of nitrogens with zero attached hydrogens (tertiary/aromatic N) is 3. The number of rotatable bonds is 9. The summed E-state index contributed by atoms with van der Waals surface area (Å²) in [6.45, 7) is 4.81. The number of pyridine rings is 1. The Morgan fingerprint density at radius 1 is 1.00 bits per heavy atom. The molecule has 1 amide bonds. The molecule has 0 spiro atoms. The van der Waals surface area contributed by atoms with E-state index in [1.165, 1.54) is 6.08 Å². The topological polar surface area (TPSA) is 101 Å². The fraction of sp³-hybridized carbons (Fsp3) is 0.217. The third-order valence-corrected chi connectivity index (χ3v) is 4.28. The third-order valence-electron chi connectivity index (χ3n) is 4.28. The maximum atomic E-state index is 12.0. The number of aryl methyl sites for hydroxylation is 2. The van der Waals surface area contributed by atoms with E-state index in [0.29, 0.717) is 30.5 Å². The van der Waals surface area contributed by atoms with Gasteiger partial charge in [0.25, 0.3) is 0 Å². The van der Waals surface area contributed by atoms with Crippen LogP contribution in [-0.4, -0.2) is 41.1 Å². The molecule has 0 aliphatic carbocycles. The second-order valence-corrected chi connectivity index (χ2v) is 6.85. The summed E-state index contributed by atoms with van der Waals surface area (Å²) in [5.74, 6) is 3.29. The summed E-state index contributed by atoms with van der Waals surface area (Å²) < 4.78 is 5.12. The predicted octanol–water partition coefficient (Wildman–Crippen LogP) is 3.48. The zero-order valence-electron chi connectivity index (χ0n) is 17.8. The highest BCUT2D eigenvalue weighted by atomic mass is 16.5. The summed E-state index contributed by atoms with van der Waals surface area (Å²) in [4.78, 5) is 25.1. The summed E-state index contributed by atoms with van der Waals surface area (Å²) >= 11 is 0. The summed E-state index contributed by atoms with van der Waals surface area (Å²) in [5.41, 5.74) is 2.03. The number of hydrogen-bond acceptors (Lipinski definition) is 7. The minimum atomic E-state index is -0.163. The fourth-order valence-corrected chi connectivity index (χ4v) is 2.78. The number of carbonyl (C=O) groups is 1. The molecule has 0 saturated carbocycles. The highest BCUT2D eigenvalue weighted by Gasteiger charge is 2.04. The van der Waals surface area contributed by atoms with Crippen LogP contribution in [-0.2, 0) is 4.79 Å². The maximum absolute atomic E-state index is 12.0. The molecule has 1 aromatic carbocycles. The van der Waals surface area contributed by atoms with E-state index in [0.717, 1.165) is 22.7 Å². The smallest absolute Gasteiger partial charge is 0.244 e. The van der Waals surface area contributed by atoms with Gasteiger partial charge in [-0.15, -0.1) is 0 Å². The molecule has 2 heterocycles. The number of hydrogen-bond donors (Lipinski definition) is 3. The monoisotopic (exact) mass is 418 g/mol. The number of benzene rings is 1. The highest BCUT2D eigenvalue weighted by Crippen LogP contribution is 2.16. The van der Waals surface area contributed by atoms with Crippen molar-refractivity contribution in [2.24, 2.45) is 0 Å². The molecular formula is C23H26N6O2. The van der Waals surface area contributed by atoms with Crippen LogP contribution in [0, 0.1) is 13.8 Å². The number of methoxy groups -OCH3 is 1. The van der Waals surface area contributed by atoms with Gasteiger partial charge in [-0.25, -0.2) is 15.0 Å². The first kappa shape index (κ1) is 21.8. The van der Waals surface area contributed by atoms with Gasteiger partial charge >= 0.3 is 0 Å². The van der Waals surface area contributed by atoms with Gasteiger partial charge in [0.05, 0.1) is 7.11 Å². The highest BCUT2D eigenvalue weighted by molar-refractivity contribution is 5.91. The minimum absolute atomic E-state index is 0.163. The van der Waals surface area contributed by atoms with Gasteiger partial charge in [-0.2, -0.15) is 0 Å². The van der Waals surface area contributed by atoms with Crippen molar-refractivity contribution in [2.45, 2.75) is 13.8 Å². The molecule has 8 nitrogen and oxygen atoms in total. The summed E-state index contributed by atoms with van der Waals surface area (Å²) in [6, 6.07) is 13.2. The zero-order chi connectivity index (χ0) is 22.1. The Hall–Kier alpha value is -3.94.